The smallest absolute Gasteiger partial charge is 0.170 e. The average molecular weight is 167 g/mol. The van der Waals surface area contributed by atoms with Crippen molar-refractivity contribution in [3.63, 3.8) is 0 Å². The van der Waals surface area contributed by atoms with Crippen LogP contribution in [0.1, 0.15) is 33.6 Å². The number of Topliss-reactive ketones (excluding diaryl/α,β-unsaturated/α-hetero) is 1. The van der Waals surface area contributed by atoms with E-state index >= 15 is 0 Å². The lowest BCUT2D eigenvalue weighted by Gasteiger charge is -2.02. The number of carbonyl (C=O) groups excluding carboxylic acids is 1. The van der Waals surface area contributed by atoms with E-state index in [9.17, 15) is 4.79 Å². The topological polar surface area (TPSA) is 29.4 Å². The Morgan fingerprint density at radius 3 is 2.42 bits per heavy atom. The van der Waals surface area contributed by atoms with E-state index in [2.05, 4.69) is 18.8 Å². The number of allylic oxidation sites excluding steroid dienone is 1. The zero-order chi connectivity index (χ0) is 9.40. The molecule has 0 heterocycles. The molecule has 2 nitrogen and oxygen atoms in total. The largest absolute Gasteiger partial charge is 0.293 e. The molecule has 0 unspecified atom stereocenters. The van der Waals surface area contributed by atoms with Gasteiger partial charge in [-0.2, -0.15) is 0 Å². The minimum Gasteiger partial charge on any atom is -0.293 e. The van der Waals surface area contributed by atoms with E-state index in [1.54, 1.807) is 6.20 Å². The lowest BCUT2D eigenvalue weighted by molar-refractivity contribution is -0.110. The molecule has 2 heteroatoms. The molecule has 0 fully saturated rings. The van der Waals surface area contributed by atoms with E-state index in [4.69, 9.17) is 0 Å². The normalized spacial score (nSPS) is 12.0. The van der Waals surface area contributed by atoms with Crippen LogP contribution < -0.4 is 0 Å². The van der Waals surface area contributed by atoms with Gasteiger partial charge in [0, 0.05) is 13.1 Å². The molecule has 0 aliphatic rings. The monoisotopic (exact) mass is 167 g/mol. The number of aliphatic imine (C=N–C) groups is 1. The Hall–Kier alpha value is -0.920. The van der Waals surface area contributed by atoms with Crippen LogP contribution in [0, 0.1) is 5.92 Å². The highest BCUT2D eigenvalue weighted by Crippen LogP contribution is 2.08. The first-order valence-electron chi connectivity index (χ1n) is 4.41. The van der Waals surface area contributed by atoms with Crippen LogP contribution in [-0.2, 0) is 4.79 Å². The quantitative estimate of drug-likeness (QED) is 0.579. The van der Waals surface area contributed by atoms with Crippen molar-refractivity contribution in [2.75, 3.05) is 0 Å². The van der Waals surface area contributed by atoms with Crippen molar-refractivity contribution in [1.29, 1.82) is 0 Å². The molecule has 0 aromatic carbocycles. The van der Waals surface area contributed by atoms with Gasteiger partial charge in [0.15, 0.2) is 5.78 Å². The Morgan fingerprint density at radius 1 is 1.42 bits per heavy atom. The minimum atomic E-state index is -0.0100. The lowest BCUT2D eigenvalue weighted by atomic mass is 10.0. The van der Waals surface area contributed by atoms with Crippen molar-refractivity contribution in [2.24, 2.45) is 10.9 Å². The molecule has 0 aliphatic carbocycles. The van der Waals surface area contributed by atoms with Gasteiger partial charge in [0.1, 0.15) is 0 Å². The Morgan fingerprint density at radius 2 is 2.00 bits per heavy atom. The fourth-order valence-corrected chi connectivity index (χ4v) is 0.880. The molecule has 0 aromatic rings. The maximum atomic E-state index is 10.4. The first kappa shape index (κ1) is 11.1. The first-order valence-corrected chi connectivity index (χ1v) is 4.41. The molecule has 0 saturated carbocycles. The molecule has 0 amide bonds. The van der Waals surface area contributed by atoms with Gasteiger partial charge in [-0.25, -0.2) is 0 Å². The van der Waals surface area contributed by atoms with E-state index in [-0.39, 0.29) is 5.78 Å². The minimum absolute atomic E-state index is 0.0100. The summed E-state index contributed by atoms with van der Waals surface area (Å²) in [5, 5.41) is 0. The third kappa shape index (κ3) is 5.83. The SMILES string of the molecule is CCC(C=CN=CC(C)=O)CC. The Kier molecular flexibility index (Phi) is 6.25. The number of hydrogen-bond donors (Lipinski definition) is 0. The van der Waals surface area contributed by atoms with Crippen molar-refractivity contribution in [2.45, 2.75) is 33.6 Å². The number of nitrogens with zero attached hydrogens (tertiary/aromatic N) is 1. The maximum absolute atomic E-state index is 10.4. The summed E-state index contributed by atoms with van der Waals surface area (Å²) < 4.78 is 0. The van der Waals surface area contributed by atoms with Crippen LogP contribution in [0.5, 0.6) is 0 Å². The van der Waals surface area contributed by atoms with Gasteiger partial charge in [-0.15, -0.1) is 0 Å². The van der Waals surface area contributed by atoms with E-state index in [1.807, 2.05) is 6.08 Å². The fraction of sp³-hybridized carbons (Fsp3) is 0.600. The van der Waals surface area contributed by atoms with Gasteiger partial charge in [0.2, 0.25) is 0 Å². The van der Waals surface area contributed by atoms with E-state index < -0.39 is 0 Å². The summed E-state index contributed by atoms with van der Waals surface area (Å²) in [4.78, 5) is 14.3. The summed E-state index contributed by atoms with van der Waals surface area (Å²) in [5.74, 6) is 0.582. The Balaban J connectivity index is 3.80. The lowest BCUT2D eigenvalue weighted by Crippen LogP contribution is -1.91. The predicted octanol–water partition coefficient (Wildman–Crippen LogP) is 2.60. The van der Waals surface area contributed by atoms with Crippen LogP contribution in [0.25, 0.3) is 0 Å². The van der Waals surface area contributed by atoms with E-state index in [1.165, 1.54) is 13.1 Å². The van der Waals surface area contributed by atoms with Crippen LogP contribution >= 0.6 is 0 Å². The summed E-state index contributed by atoms with van der Waals surface area (Å²) in [7, 11) is 0. The molecule has 0 bridgehead atoms. The third-order valence-corrected chi connectivity index (χ3v) is 1.75. The molecule has 0 aromatic heterocycles. The molecule has 0 rings (SSSR count). The van der Waals surface area contributed by atoms with Crippen molar-refractivity contribution in [3.05, 3.63) is 12.3 Å². The highest BCUT2D eigenvalue weighted by molar-refractivity contribution is 6.26. The highest BCUT2D eigenvalue weighted by atomic mass is 16.1. The van der Waals surface area contributed by atoms with Gasteiger partial charge in [0.05, 0.1) is 6.21 Å². The number of rotatable bonds is 5. The molecular weight excluding hydrogens is 150 g/mol. The number of carbonyl (C=O) groups is 1. The second-order valence-corrected chi connectivity index (χ2v) is 2.81. The number of ketones is 1. The van der Waals surface area contributed by atoms with E-state index in [0.717, 1.165) is 12.8 Å². The fourth-order valence-electron chi connectivity index (χ4n) is 0.880. The Labute approximate surface area is 74.4 Å². The van der Waals surface area contributed by atoms with Gasteiger partial charge in [-0.1, -0.05) is 19.9 Å². The van der Waals surface area contributed by atoms with Crippen LogP contribution in [0.2, 0.25) is 0 Å². The first-order chi connectivity index (χ1) is 5.70. The van der Waals surface area contributed by atoms with Crippen LogP contribution in [0.4, 0.5) is 0 Å². The molecule has 0 radical (unpaired) electrons. The van der Waals surface area contributed by atoms with Crippen molar-refractivity contribution in [3.8, 4) is 0 Å². The summed E-state index contributed by atoms with van der Waals surface area (Å²) in [6.07, 6.45) is 7.34. The van der Waals surface area contributed by atoms with Gasteiger partial charge < -0.3 is 0 Å². The van der Waals surface area contributed by atoms with Crippen LogP contribution in [0.3, 0.4) is 0 Å². The van der Waals surface area contributed by atoms with Gasteiger partial charge in [-0.05, 0) is 18.8 Å². The van der Waals surface area contributed by atoms with Crippen molar-refractivity contribution >= 4 is 12.0 Å². The third-order valence-electron chi connectivity index (χ3n) is 1.75. The van der Waals surface area contributed by atoms with Gasteiger partial charge >= 0.3 is 0 Å². The van der Waals surface area contributed by atoms with Crippen LogP contribution in [0.15, 0.2) is 17.3 Å². The average Bonchev–Trinajstić information content (AvgIpc) is 2.04. The molecule has 0 spiro atoms. The standard InChI is InChI=1S/C10H17NO/c1-4-10(5-2)6-7-11-8-9(3)12/h6-8,10H,4-5H2,1-3H3. The summed E-state index contributed by atoms with van der Waals surface area (Å²) >= 11 is 0. The molecule has 12 heavy (non-hydrogen) atoms. The molecule has 68 valence electrons. The molecule has 0 atom stereocenters. The second kappa shape index (κ2) is 6.77. The van der Waals surface area contributed by atoms with Crippen molar-refractivity contribution in [1.82, 2.24) is 0 Å². The number of hydrogen-bond acceptors (Lipinski definition) is 2. The molecular formula is C10H17NO. The molecule has 0 aliphatic heterocycles. The van der Waals surface area contributed by atoms with Crippen molar-refractivity contribution < 1.29 is 4.79 Å². The highest BCUT2D eigenvalue weighted by Gasteiger charge is 1.94. The maximum Gasteiger partial charge on any atom is 0.170 e. The molecule has 0 saturated heterocycles. The summed E-state index contributed by atoms with van der Waals surface area (Å²) in [5.41, 5.74) is 0. The van der Waals surface area contributed by atoms with Gasteiger partial charge in [-0.3, -0.25) is 9.79 Å². The van der Waals surface area contributed by atoms with Crippen LogP contribution in [-0.4, -0.2) is 12.0 Å². The Bertz CT molecular complexity index is 178. The summed E-state index contributed by atoms with van der Waals surface area (Å²) in [6.45, 7) is 5.79. The second-order valence-electron chi connectivity index (χ2n) is 2.81. The molecule has 0 N–H and O–H groups in total. The summed E-state index contributed by atoms with van der Waals surface area (Å²) in [6, 6.07) is 0. The zero-order valence-electron chi connectivity index (χ0n) is 8.08. The van der Waals surface area contributed by atoms with Gasteiger partial charge in [0.25, 0.3) is 0 Å². The predicted molar refractivity (Wildman–Crippen MR) is 52.4 cm³/mol. The van der Waals surface area contributed by atoms with E-state index in [0.29, 0.717) is 5.92 Å². The zero-order valence-corrected chi connectivity index (χ0v) is 8.08.